The molecule has 6 heteroatoms. The van der Waals surface area contributed by atoms with Crippen molar-refractivity contribution in [3.63, 3.8) is 0 Å². The molecular formula is C13H15F2N3O. The topological polar surface area (TPSA) is 78.9 Å². The number of nitrogens with one attached hydrogen (secondary N) is 1. The number of nitriles is 1. The number of carbonyl (C=O) groups is 1. The summed E-state index contributed by atoms with van der Waals surface area (Å²) in [5.41, 5.74) is 4.64. The van der Waals surface area contributed by atoms with Crippen LogP contribution in [-0.2, 0) is 4.79 Å². The molecule has 0 spiro atoms. The van der Waals surface area contributed by atoms with Crippen LogP contribution in [0, 0.1) is 28.9 Å². The molecule has 4 nitrogen and oxygen atoms in total. The highest BCUT2D eigenvalue weighted by Crippen LogP contribution is 2.22. The first-order chi connectivity index (χ1) is 8.86. The quantitative estimate of drug-likeness (QED) is 0.857. The molecule has 102 valence electrons. The zero-order valence-corrected chi connectivity index (χ0v) is 10.7. The lowest BCUT2D eigenvalue weighted by Gasteiger charge is -2.19. The van der Waals surface area contributed by atoms with Crippen LogP contribution in [0.4, 0.5) is 14.5 Å². The van der Waals surface area contributed by atoms with Crippen molar-refractivity contribution in [2.45, 2.75) is 26.3 Å². The lowest BCUT2D eigenvalue weighted by atomic mass is 10.0. The van der Waals surface area contributed by atoms with Crippen molar-refractivity contribution in [2.75, 3.05) is 5.32 Å². The second-order valence-corrected chi connectivity index (χ2v) is 4.63. The van der Waals surface area contributed by atoms with E-state index in [9.17, 15) is 13.6 Å². The van der Waals surface area contributed by atoms with Gasteiger partial charge in [-0.15, -0.1) is 0 Å². The number of benzene rings is 1. The van der Waals surface area contributed by atoms with Gasteiger partial charge in [0.1, 0.15) is 12.1 Å². The fraction of sp³-hybridized carbons (Fsp3) is 0.385. The van der Waals surface area contributed by atoms with Gasteiger partial charge >= 0.3 is 0 Å². The Kier molecular flexibility index (Phi) is 4.81. The third kappa shape index (κ3) is 3.65. The number of nitrogens with zero attached hydrogens (tertiary/aromatic N) is 1. The minimum Gasteiger partial charge on any atom is -0.371 e. The first-order valence-electron chi connectivity index (χ1n) is 5.80. The predicted molar refractivity (Wildman–Crippen MR) is 67.1 cm³/mol. The molecule has 19 heavy (non-hydrogen) atoms. The van der Waals surface area contributed by atoms with Crippen LogP contribution in [0.1, 0.15) is 25.8 Å². The lowest BCUT2D eigenvalue weighted by Crippen LogP contribution is -2.36. The molecule has 0 aliphatic carbocycles. The Bertz CT molecular complexity index is 523. The standard InChI is InChI=1S/C13H15F2N3O/c1-7(2)5-10(13(17)19)18-9-4-3-8(6-16)11(14)12(9)15/h3-4,7,10,18H,5H2,1-2H3,(H2,17,19). The number of anilines is 1. The molecule has 1 aromatic carbocycles. The molecule has 0 bridgehead atoms. The van der Waals surface area contributed by atoms with Gasteiger partial charge in [0.25, 0.3) is 0 Å². The van der Waals surface area contributed by atoms with Gasteiger partial charge in [-0.05, 0) is 24.5 Å². The molecule has 1 aromatic rings. The van der Waals surface area contributed by atoms with Crippen LogP contribution in [0.5, 0.6) is 0 Å². The highest BCUT2D eigenvalue weighted by atomic mass is 19.2. The lowest BCUT2D eigenvalue weighted by molar-refractivity contribution is -0.119. The van der Waals surface area contributed by atoms with Gasteiger partial charge in [0.2, 0.25) is 5.91 Å². The third-order valence-corrected chi connectivity index (χ3v) is 2.58. The van der Waals surface area contributed by atoms with E-state index in [1.54, 1.807) is 0 Å². The maximum Gasteiger partial charge on any atom is 0.239 e. The third-order valence-electron chi connectivity index (χ3n) is 2.58. The van der Waals surface area contributed by atoms with Gasteiger partial charge in [-0.1, -0.05) is 13.8 Å². The second-order valence-electron chi connectivity index (χ2n) is 4.63. The summed E-state index contributed by atoms with van der Waals surface area (Å²) in [6.07, 6.45) is 0.399. The minimum atomic E-state index is -1.24. The molecule has 0 heterocycles. The van der Waals surface area contributed by atoms with E-state index in [1.807, 2.05) is 13.8 Å². The average Bonchev–Trinajstić information content (AvgIpc) is 2.33. The summed E-state index contributed by atoms with van der Waals surface area (Å²) in [6, 6.07) is 3.11. The summed E-state index contributed by atoms with van der Waals surface area (Å²) >= 11 is 0. The molecule has 0 aromatic heterocycles. The summed E-state index contributed by atoms with van der Waals surface area (Å²) in [4.78, 5) is 11.2. The maximum atomic E-state index is 13.7. The van der Waals surface area contributed by atoms with E-state index < -0.39 is 23.6 Å². The number of halogens is 2. The van der Waals surface area contributed by atoms with E-state index in [0.717, 1.165) is 6.07 Å². The van der Waals surface area contributed by atoms with Gasteiger partial charge in [-0.2, -0.15) is 5.26 Å². The number of carbonyl (C=O) groups excluding carboxylic acids is 1. The van der Waals surface area contributed by atoms with E-state index in [0.29, 0.717) is 6.42 Å². The highest BCUT2D eigenvalue weighted by molar-refractivity contribution is 5.83. The average molecular weight is 267 g/mol. The Hall–Kier alpha value is -2.16. The van der Waals surface area contributed by atoms with Crippen molar-refractivity contribution in [3.05, 3.63) is 29.3 Å². The largest absolute Gasteiger partial charge is 0.371 e. The Morgan fingerprint density at radius 3 is 2.53 bits per heavy atom. The number of primary amides is 1. The van der Waals surface area contributed by atoms with E-state index in [-0.39, 0.29) is 17.2 Å². The fourth-order valence-corrected chi connectivity index (χ4v) is 1.65. The van der Waals surface area contributed by atoms with Crippen molar-refractivity contribution in [1.29, 1.82) is 5.26 Å². The van der Waals surface area contributed by atoms with Crippen molar-refractivity contribution in [1.82, 2.24) is 0 Å². The minimum absolute atomic E-state index is 0.163. The van der Waals surface area contributed by atoms with Crippen LogP contribution in [-0.4, -0.2) is 11.9 Å². The number of rotatable bonds is 5. The van der Waals surface area contributed by atoms with Gasteiger partial charge in [0.15, 0.2) is 11.6 Å². The van der Waals surface area contributed by atoms with Gasteiger partial charge < -0.3 is 11.1 Å². The highest BCUT2D eigenvalue weighted by Gasteiger charge is 2.20. The maximum absolute atomic E-state index is 13.7. The summed E-state index contributed by atoms with van der Waals surface area (Å²) < 4.78 is 27.1. The van der Waals surface area contributed by atoms with Crippen LogP contribution < -0.4 is 11.1 Å². The zero-order valence-electron chi connectivity index (χ0n) is 10.7. The van der Waals surface area contributed by atoms with Crippen LogP contribution in [0.15, 0.2) is 12.1 Å². The molecular weight excluding hydrogens is 252 g/mol. The summed E-state index contributed by atoms with van der Waals surface area (Å²) in [5.74, 6) is -2.90. The Balaban J connectivity index is 3.01. The molecule has 0 saturated carbocycles. The molecule has 1 unspecified atom stereocenters. The Morgan fingerprint density at radius 2 is 2.05 bits per heavy atom. The smallest absolute Gasteiger partial charge is 0.239 e. The van der Waals surface area contributed by atoms with Gasteiger partial charge in [0, 0.05) is 0 Å². The van der Waals surface area contributed by atoms with E-state index >= 15 is 0 Å². The molecule has 0 radical (unpaired) electrons. The van der Waals surface area contributed by atoms with Crippen molar-refractivity contribution >= 4 is 11.6 Å². The molecule has 1 amide bonds. The van der Waals surface area contributed by atoms with Crippen molar-refractivity contribution < 1.29 is 13.6 Å². The van der Waals surface area contributed by atoms with E-state index in [2.05, 4.69) is 5.32 Å². The summed E-state index contributed by atoms with van der Waals surface area (Å²) in [5, 5.41) is 11.1. The van der Waals surface area contributed by atoms with Crippen LogP contribution in [0.2, 0.25) is 0 Å². The molecule has 0 fully saturated rings. The van der Waals surface area contributed by atoms with Crippen molar-refractivity contribution in [2.24, 2.45) is 11.7 Å². The molecule has 1 atom stereocenters. The van der Waals surface area contributed by atoms with Gasteiger partial charge in [0.05, 0.1) is 11.3 Å². The van der Waals surface area contributed by atoms with Crippen molar-refractivity contribution in [3.8, 4) is 6.07 Å². The van der Waals surface area contributed by atoms with E-state index in [4.69, 9.17) is 11.0 Å². The summed E-state index contributed by atoms with van der Waals surface area (Å²) in [6.45, 7) is 3.76. The number of hydrogen-bond donors (Lipinski definition) is 2. The first kappa shape index (κ1) is 14.9. The predicted octanol–water partition coefficient (Wildman–Crippen LogP) is 2.15. The Labute approximate surface area is 110 Å². The fourth-order valence-electron chi connectivity index (χ4n) is 1.65. The normalized spacial score (nSPS) is 12.0. The number of amides is 1. The van der Waals surface area contributed by atoms with Gasteiger partial charge in [-0.25, -0.2) is 8.78 Å². The van der Waals surface area contributed by atoms with Crippen LogP contribution in [0.3, 0.4) is 0 Å². The molecule has 0 aliphatic rings. The first-order valence-corrected chi connectivity index (χ1v) is 5.80. The van der Waals surface area contributed by atoms with Crippen LogP contribution >= 0.6 is 0 Å². The monoisotopic (exact) mass is 267 g/mol. The SMILES string of the molecule is CC(C)CC(Nc1ccc(C#N)c(F)c1F)C(N)=O. The van der Waals surface area contributed by atoms with Gasteiger partial charge in [-0.3, -0.25) is 4.79 Å². The molecule has 0 saturated heterocycles. The van der Waals surface area contributed by atoms with Crippen LogP contribution in [0.25, 0.3) is 0 Å². The second kappa shape index (κ2) is 6.14. The number of nitrogens with two attached hydrogens (primary N) is 1. The molecule has 3 N–H and O–H groups in total. The number of hydrogen-bond acceptors (Lipinski definition) is 3. The zero-order chi connectivity index (χ0) is 14.6. The molecule has 1 rings (SSSR count). The van der Waals surface area contributed by atoms with E-state index in [1.165, 1.54) is 12.1 Å². The molecule has 0 aliphatic heterocycles. The summed E-state index contributed by atoms with van der Waals surface area (Å²) in [7, 11) is 0. The Morgan fingerprint density at radius 1 is 1.42 bits per heavy atom.